The summed E-state index contributed by atoms with van der Waals surface area (Å²) in [5, 5.41) is 29.0. The summed E-state index contributed by atoms with van der Waals surface area (Å²) in [5.74, 6) is 0. The number of aromatic nitrogens is 4. The van der Waals surface area contributed by atoms with Gasteiger partial charge in [-0.1, -0.05) is 18.2 Å². The zero-order chi connectivity index (χ0) is 20.3. The largest absolute Gasteiger partial charge is 0.394 e. The molecule has 12 heteroatoms. The number of nitrogens with one attached hydrogen (secondary N) is 2. The summed E-state index contributed by atoms with van der Waals surface area (Å²) >= 11 is 0. The van der Waals surface area contributed by atoms with Crippen LogP contribution in [0.4, 0.5) is 11.4 Å². The Morgan fingerprint density at radius 2 is 1.25 bits per heavy atom. The van der Waals surface area contributed by atoms with Crippen molar-refractivity contribution >= 4 is 11.4 Å². The quantitative estimate of drug-likeness (QED) is 0.415. The van der Waals surface area contributed by atoms with Gasteiger partial charge in [-0.15, -0.1) is 9.81 Å². The van der Waals surface area contributed by atoms with Gasteiger partial charge in [-0.2, -0.15) is 0 Å². The lowest BCUT2D eigenvalue weighted by molar-refractivity contribution is 0.267. The van der Waals surface area contributed by atoms with E-state index in [1.807, 2.05) is 0 Å². The Labute approximate surface area is 156 Å². The highest BCUT2D eigenvalue weighted by atomic mass is 16.3. The maximum atomic E-state index is 12.2. The molecule has 0 bridgehead atoms. The third kappa shape index (κ3) is 3.21. The normalized spacial score (nSPS) is 10.9. The number of aliphatic hydroxyl groups excluding tert-OH is 2. The number of hydrogen-bond acceptors (Lipinski definition) is 8. The Morgan fingerprint density at radius 3 is 1.61 bits per heavy atom. The second-order valence-corrected chi connectivity index (χ2v) is 5.79. The van der Waals surface area contributed by atoms with Gasteiger partial charge in [0.25, 0.3) is 11.1 Å². The van der Waals surface area contributed by atoms with Crippen LogP contribution in [0, 0.1) is 9.81 Å². The molecule has 146 valence electrons. The molecule has 0 aliphatic carbocycles. The lowest BCUT2D eigenvalue weighted by atomic mass is 10.0. The van der Waals surface area contributed by atoms with Crippen molar-refractivity contribution in [3.63, 3.8) is 0 Å². The van der Waals surface area contributed by atoms with Crippen molar-refractivity contribution in [3.05, 3.63) is 54.8 Å². The fourth-order valence-corrected chi connectivity index (χ4v) is 2.86. The molecule has 0 fully saturated rings. The SMILES string of the molecule is O=Nc1c(-c2cccc(-c3[nH]n(CCO)c(=O)c3N=O)c2)[nH]n(CCO)c1=O. The third-order valence-corrected chi connectivity index (χ3v) is 4.13. The average molecular weight is 388 g/mol. The molecule has 3 aromatic rings. The van der Waals surface area contributed by atoms with E-state index in [0.717, 1.165) is 9.36 Å². The lowest BCUT2D eigenvalue weighted by Crippen LogP contribution is -2.18. The molecule has 4 N–H and O–H groups in total. The molecule has 0 radical (unpaired) electrons. The highest BCUT2D eigenvalue weighted by molar-refractivity contribution is 5.79. The van der Waals surface area contributed by atoms with Gasteiger partial charge in [0.05, 0.1) is 37.7 Å². The van der Waals surface area contributed by atoms with Gasteiger partial charge in [-0.3, -0.25) is 19.8 Å². The Bertz CT molecular complexity index is 1050. The van der Waals surface area contributed by atoms with Crippen LogP contribution < -0.4 is 11.1 Å². The van der Waals surface area contributed by atoms with Gasteiger partial charge in [0.15, 0.2) is 11.4 Å². The number of H-pyrrole nitrogens is 2. The van der Waals surface area contributed by atoms with Crippen LogP contribution in [-0.4, -0.2) is 43.0 Å². The molecule has 0 spiro atoms. The van der Waals surface area contributed by atoms with Gasteiger partial charge in [0.1, 0.15) is 0 Å². The summed E-state index contributed by atoms with van der Waals surface area (Å²) < 4.78 is 2.10. The van der Waals surface area contributed by atoms with Crippen molar-refractivity contribution < 1.29 is 10.2 Å². The molecular formula is C16H16N6O6. The van der Waals surface area contributed by atoms with Crippen LogP contribution in [-0.2, 0) is 13.1 Å². The summed E-state index contributed by atoms with van der Waals surface area (Å²) in [6, 6.07) is 6.33. The van der Waals surface area contributed by atoms with Gasteiger partial charge in [0, 0.05) is 11.1 Å². The van der Waals surface area contributed by atoms with E-state index in [1.54, 1.807) is 18.2 Å². The Hall–Kier alpha value is -3.64. The minimum atomic E-state index is -0.679. The second-order valence-electron chi connectivity index (χ2n) is 5.79. The number of nitrogens with zero attached hydrogens (tertiary/aromatic N) is 4. The molecule has 0 atom stereocenters. The average Bonchev–Trinajstić information content (AvgIpc) is 3.19. The Balaban J connectivity index is 2.15. The van der Waals surface area contributed by atoms with Crippen molar-refractivity contribution in [3.8, 4) is 22.5 Å². The molecule has 0 aliphatic rings. The predicted molar refractivity (Wildman–Crippen MR) is 99.6 cm³/mol. The first-order valence-electron chi connectivity index (χ1n) is 8.20. The summed E-state index contributed by atoms with van der Waals surface area (Å²) in [4.78, 5) is 46.6. The van der Waals surface area contributed by atoms with Crippen molar-refractivity contribution in [2.24, 2.45) is 10.4 Å². The summed E-state index contributed by atoms with van der Waals surface area (Å²) in [6.45, 7) is -0.715. The molecule has 12 nitrogen and oxygen atoms in total. The fourth-order valence-electron chi connectivity index (χ4n) is 2.86. The van der Waals surface area contributed by atoms with Gasteiger partial charge in [0.2, 0.25) is 0 Å². The topological polar surface area (TPSA) is 175 Å². The van der Waals surface area contributed by atoms with Gasteiger partial charge in [-0.05, 0) is 16.4 Å². The standard InChI is InChI=1S/C16H16N6O6/c23-6-4-21-15(25)13(19-27)11(17-21)9-2-1-3-10(8-9)12-14(20-28)16(26)22(18-12)5-7-24/h1-3,8,17-18,23-24H,4-7H2. The van der Waals surface area contributed by atoms with Crippen molar-refractivity contribution in [2.45, 2.75) is 13.1 Å². The van der Waals surface area contributed by atoms with Crippen LogP contribution in [0.1, 0.15) is 0 Å². The smallest absolute Gasteiger partial charge is 0.296 e. The molecule has 0 unspecified atom stereocenters. The number of rotatable bonds is 8. The highest BCUT2D eigenvalue weighted by Crippen LogP contribution is 2.31. The molecule has 2 heterocycles. The molecule has 3 rings (SSSR count). The van der Waals surface area contributed by atoms with E-state index < -0.39 is 11.1 Å². The monoisotopic (exact) mass is 388 g/mol. The predicted octanol–water partition coefficient (Wildman–Crippen LogP) is 0.781. The minimum absolute atomic E-state index is 0.0441. The third-order valence-electron chi connectivity index (χ3n) is 4.13. The van der Waals surface area contributed by atoms with Crippen LogP contribution in [0.2, 0.25) is 0 Å². The maximum absolute atomic E-state index is 12.2. The van der Waals surface area contributed by atoms with E-state index in [9.17, 15) is 19.4 Å². The van der Waals surface area contributed by atoms with Crippen LogP contribution in [0.15, 0.2) is 44.2 Å². The fraction of sp³-hybridized carbons (Fsp3) is 0.250. The van der Waals surface area contributed by atoms with Gasteiger partial charge in [-0.25, -0.2) is 9.36 Å². The van der Waals surface area contributed by atoms with Crippen LogP contribution in [0.3, 0.4) is 0 Å². The molecule has 0 aliphatic heterocycles. The molecule has 2 aromatic heterocycles. The molecule has 28 heavy (non-hydrogen) atoms. The van der Waals surface area contributed by atoms with E-state index in [4.69, 9.17) is 10.2 Å². The Morgan fingerprint density at radius 1 is 0.821 bits per heavy atom. The number of aromatic amines is 2. The Kier molecular flexibility index (Phi) is 5.42. The molecule has 0 saturated carbocycles. The van der Waals surface area contributed by atoms with E-state index in [1.165, 1.54) is 6.07 Å². The number of aliphatic hydroxyl groups is 2. The zero-order valence-electron chi connectivity index (χ0n) is 14.5. The van der Waals surface area contributed by atoms with Crippen molar-refractivity contribution in [1.82, 2.24) is 19.6 Å². The summed E-state index contributed by atoms with van der Waals surface area (Å²) in [5.41, 5.74) is -1.01. The van der Waals surface area contributed by atoms with Crippen LogP contribution in [0.5, 0.6) is 0 Å². The minimum Gasteiger partial charge on any atom is -0.394 e. The second kappa shape index (κ2) is 7.94. The first-order valence-corrected chi connectivity index (χ1v) is 8.20. The van der Waals surface area contributed by atoms with E-state index in [0.29, 0.717) is 11.1 Å². The van der Waals surface area contributed by atoms with Crippen LogP contribution in [0.25, 0.3) is 22.5 Å². The van der Waals surface area contributed by atoms with Crippen molar-refractivity contribution in [2.75, 3.05) is 13.2 Å². The first kappa shape index (κ1) is 19.1. The molecule has 0 amide bonds. The van der Waals surface area contributed by atoms with Crippen LogP contribution >= 0.6 is 0 Å². The van der Waals surface area contributed by atoms with E-state index in [-0.39, 0.29) is 49.1 Å². The number of nitroso groups, excluding NO2 is 2. The molecule has 1 aromatic carbocycles. The lowest BCUT2D eigenvalue weighted by Gasteiger charge is -2.04. The van der Waals surface area contributed by atoms with Crippen molar-refractivity contribution in [1.29, 1.82) is 0 Å². The summed E-state index contributed by atoms with van der Waals surface area (Å²) in [7, 11) is 0. The maximum Gasteiger partial charge on any atom is 0.296 e. The number of hydrogen-bond donors (Lipinski definition) is 4. The van der Waals surface area contributed by atoms with E-state index in [2.05, 4.69) is 20.6 Å². The first-order chi connectivity index (χ1) is 13.5. The highest BCUT2D eigenvalue weighted by Gasteiger charge is 2.20. The van der Waals surface area contributed by atoms with Gasteiger partial charge >= 0.3 is 0 Å². The van der Waals surface area contributed by atoms with Gasteiger partial charge < -0.3 is 10.2 Å². The van der Waals surface area contributed by atoms with E-state index >= 15 is 0 Å². The molecule has 0 saturated heterocycles. The zero-order valence-corrected chi connectivity index (χ0v) is 14.5. The summed E-state index contributed by atoms with van der Waals surface area (Å²) in [6.07, 6.45) is 0. The number of benzene rings is 1. The molecular weight excluding hydrogens is 372 g/mol.